The van der Waals surface area contributed by atoms with E-state index >= 15 is 0 Å². The number of carbonyl (C=O) groups excluding carboxylic acids is 1. The monoisotopic (exact) mass is 310 g/mol. The SMILES string of the molecule is CC(C)(OCc1cscn1)C(N)=O.Clc1cc2ccc1=2. The average Bonchev–Trinajstić information content (AvgIpc) is 2.87. The zero-order chi connectivity index (χ0) is 14.8. The molecule has 1 heterocycles. The molecule has 2 aliphatic carbocycles. The predicted octanol–water partition coefficient (Wildman–Crippen LogP) is 2.86. The lowest BCUT2D eigenvalue weighted by Gasteiger charge is -2.20. The molecule has 1 amide bonds. The second-order valence-corrected chi connectivity index (χ2v) is 5.96. The molecule has 2 aliphatic rings. The molecular weight excluding hydrogens is 296 g/mol. The number of halogens is 1. The third kappa shape index (κ3) is 3.36. The number of aromatic nitrogens is 1. The van der Waals surface area contributed by atoms with E-state index < -0.39 is 11.5 Å². The Morgan fingerprint density at radius 3 is 2.55 bits per heavy atom. The Bertz CT molecular complexity index is 698. The number of hydrogen-bond donors (Lipinski definition) is 1. The fourth-order valence-corrected chi connectivity index (χ4v) is 2.21. The number of amides is 1. The highest BCUT2D eigenvalue weighted by atomic mass is 35.5. The van der Waals surface area contributed by atoms with Gasteiger partial charge >= 0.3 is 0 Å². The van der Waals surface area contributed by atoms with Gasteiger partial charge in [-0.1, -0.05) is 23.7 Å². The normalized spacial score (nSPS) is 11.6. The van der Waals surface area contributed by atoms with Crippen LogP contribution in [0.25, 0.3) is 0 Å². The Balaban J connectivity index is 0.000000173. The van der Waals surface area contributed by atoms with E-state index in [4.69, 9.17) is 22.1 Å². The highest BCUT2D eigenvalue weighted by Gasteiger charge is 2.25. The Kier molecular flexibility index (Phi) is 4.42. The van der Waals surface area contributed by atoms with Gasteiger partial charge in [0.25, 0.3) is 0 Å². The molecule has 0 aromatic carbocycles. The maximum Gasteiger partial charge on any atom is 0.249 e. The first-order valence-corrected chi connectivity index (χ1v) is 7.33. The van der Waals surface area contributed by atoms with Gasteiger partial charge in [-0.05, 0) is 25.1 Å². The van der Waals surface area contributed by atoms with E-state index in [1.165, 1.54) is 21.8 Å². The van der Waals surface area contributed by atoms with Crippen molar-refractivity contribution in [1.82, 2.24) is 4.98 Å². The van der Waals surface area contributed by atoms with Crippen molar-refractivity contribution in [3.8, 4) is 0 Å². The quantitative estimate of drug-likeness (QED) is 0.806. The van der Waals surface area contributed by atoms with Crippen LogP contribution in [0.4, 0.5) is 0 Å². The van der Waals surface area contributed by atoms with Gasteiger partial charge in [0.05, 0.1) is 17.8 Å². The molecule has 0 fully saturated rings. The third-order valence-corrected chi connectivity index (χ3v) is 3.89. The number of rotatable bonds is 4. The largest absolute Gasteiger partial charge is 0.367 e. The number of primary amides is 1. The molecule has 1 aromatic heterocycles. The molecule has 0 bridgehead atoms. The first-order valence-electron chi connectivity index (χ1n) is 6.01. The van der Waals surface area contributed by atoms with Crippen LogP contribution in [0, 0.1) is 10.4 Å². The number of nitrogens with zero attached hydrogens (tertiary/aromatic N) is 1. The summed E-state index contributed by atoms with van der Waals surface area (Å²) in [5.74, 6) is -0.470. The lowest BCUT2D eigenvalue weighted by Crippen LogP contribution is -2.40. The van der Waals surface area contributed by atoms with Gasteiger partial charge in [0.1, 0.15) is 5.60 Å². The van der Waals surface area contributed by atoms with Crippen LogP contribution < -0.4 is 5.73 Å². The number of carbonyl (C=O) groups is 1. The standard InChI is InChI=1S/C8H12N2O2S.C6H3Cl/c1-8(2,7(9)11)12-3-6-4-13-5-10-6;7-6-3-4-1-2-5(4)6/h4-5H,3H2,1-2H3,(H2,9,11);1-3H. The lowest BCUT2D eigenvalue weighted by molar-refractivity contribution is -0.140. The van der Waals surface area contributed by atoms with Crippen molar-refractivity contribution >= 4 is 28.8 Å². The van der Waals surface area contributed by atoms with Crippen molar-refractivity contribution in [2.45, 2.75) is 26.1 Å². The third-order valence-electron chi connectivity index (χ3n) is 2.94. The topological polar surface area (TPSA) is 65.2 Å². The second kappa shape index (κ2) is 5.91. The van der Waals surface area contributed by atoms with Crippen LogP contribution in [0.15, 0.2) is 29.1 Å². The molecule has 0 saturated heterocycles. The molecular formula is C14H15ClN2O2S. The Labute approximate surface area is 125 Å². The summed E-state index contributed by atoms with van der Waals surface area (Å²) < 4.78 is 5.30. The maximum absolute atomic E-state index is 10.9. The number of nitrogens with two attached hydrogens (primary N) is 1. The molecule has 6 heteroatoms. The summed E-state index contributed by atoms with van der Waals surface area (Å²) >= 11 is 7.09. The average molecular weight is 311 g/mol. The number of hydrogen-bond acceptors (Lipinski definition) is 4. The van der Waals surface area contributed by atoms with Gasteiger partial charge in [-0.15, -0.1) is 11.3 Å². The molecule has 20 heavy (non-hydrogen) atoms. The van der Waals surface area contributed by atoms with Gasteiger partial charge in [0, 0.05) is 15.6 Å². The van der Waals surface area contributed by atoms with Gasteiger partial charge < -0.3 is 10.5 Å². The molecule has 1 aromatic rings. The van der Waals surface area contributed by atoms with Crippen LogP contribution in [0.1, 0.15) is 19.5 Å². The first-order chi connectivity index (χ1) is 9.40. The molecule has 0 spiro atoms. The summed E-state index contributed by atoms with van der Waals surface area (Å²) in [4.78, 5) is 14.9. The molecule has 3 rings (SSSR count). The van der Waals surface area contributed by atoms with Gasteiger partial charge in [0.15, 0.2) is 0 Å². The zero-order valence-electron chi connectivity index (χ0n) is 11.2. The van der Waals surface area contributed by atoms with Crippen LogP contribution in [0.5, 0.6) is 0 Å². The van der Waals surface area contributed by atoms with Crippen LogP contribution in [-0.2, 0) is 16.1 Å². The van der Waals surface area contributed by atoms with Gasteiger partial charge in [-0.2, -0.15) is 0 Å². The fourth-order valence-electron chi connectivity index (χ4n) is 1.38. The summed E-state index contributed by atoms with van der Waals surface area (Å²) in [5, 5.41) is 5.33. The van der Waals surface area contributed by atoms with Crippen molar-refractivity contribution in [1.29, 1.82) is 0 Å². The van der Waals surface area contributed by atoms with Crippen molar-refractivity contribution in [2.24, 2.45) is 5.73 Å². The minimum Gasteiger partial charge on any atom is -0.367 e. The number of benzene rings is 1. The van der Waals surface area contributed by atoms with E-state index in [2.05, 4.69) is 11.1 Å². The Hall–Kier alpha value is -1.43. The van der Waals surface area contributed by atoms with E-state index in [0.29, 0.717) is 6.61 Å². The second-order valence-electron chi connectivity index (χ2n) is 4.84. The summed E-state index contributed by atoms with van der Waals surface area (Å²) in [7, 11) is 0. The van der Waals surface area contributed by atoms with Crippen molar-refractivity contribution < 1.29 is 9.53 Å². The highest BCUT2D eigenvalue weighted by Crippen LogP contribution is 2.20. The van der Waals surface area contributed by atoms with Crippen LogP contribution >= 0.6 is 22.9 Å². The van der Waals surface area contributed by atoms with E-state index in [9.17, 15) is 4.79 Å². The van der Waals surface area contributed by atoms with Crippen LogP contribution in [0.3, 0.4) is 0 Å². The molecule has 0 radical (unpaired) electrons. The number of ether oxygens (including phenoxy) is 1. The van der Waals surface area contributed by atoms with Crippen molar-refractivity contribution in [3.63, 3.8) is 0 Å². The smallest absolute Gasteiger partial charge is 0.249 e. The highest BCUT2D eigenvalue weighted by molar-refractivity contribution is 7.07. The minimum atomic E-state index is -0.927. The Morgan fingerprint density at radius 2 is 2.25 bits per heavy atom. The molecule has 0 aliphatic heterocycles. The van der Waals surface area contributed by atoms with E-state index in [1.54, 1.807) is 19.4 Å². The molecule has 0 atom stereocenters. The number of thiazole rings is 1. The van der Waals surface area contributed by atoms with Crippen molar-refractivity contribution in [2.75, 3.05) is 0 Å². The summed E-state index contributed by atoms with van der Waals surface area (Å²) in [5.41, 5.74) is 6.74. The summed E-state index contributed by atoms with van der Waals surface area (Å²) in [6.07, 6.45) is 0. The first kappa shape index (κ1) is 15.0. The predicted molar refractivity (Wildman–Crippen MR) is 79.3 cm³/mol. The fraction of sp³-hybridized carbons (Fsp3) is 0.286. The lowest BCUT2D eigenvalue weighted by atomic mass is 10.1. The zero-order valence-corrected chi connectivity index (χ0v) is 12.8. The van der Waals surface area contributed by atoms with Crippen molar-refractivity contribution in [3.05, 3.63) is 50.2 Å². The molecule has 0 saturated carbocycles. The van der Waals surface area contributed by atoms with Gasteiger partial charge in [-0.25, -0.2) is 4.98 Å². The van der Waals surface area contributed by atoms with Gasteiger partial charge in [-0.3, -0.25) is 4.79 Å². The van der Waals surface area contributed by atoms with E-state index in [0.717, 1.165) is 10.7 Å². The van der Waals surface area contributed by atoms with Gasteiger partial charge in [0.2, 0.25) is 5.91 Å². The molecule has 106 valence electrons. The summed E-state index contributed by atoms with van der Waals surface area (Å²) in [6.45, 7) is 3.60. The van der Waals surface area contributed by atoms with E-state index in [1.807, 2.05) is 17.5 Å². The van der Waals surface area contributed by atoms with Crippen LogP contribution in [0.2, 0.25) is 5.02 Å². The minimum absolute atomic E-state index is 0.319. The maximum atomic E-state index is 10.9. The van der Waals surface area contributed by atoms with E-state index in [-0.39, 0.29) is 0 Å². The molecule has 4 nitrogen and oxygen atoms in total. The van der Waals surface area contributed by atoms with Crippen LogP contribution in [-0.4, -0.2) is 16.5 Å². The molecule has 0 unspecified atom stereocenters. The Morgan fingerprint density at radius 1 is 1.50 bits per heavy atom. The summed E-state index contributed by atoms with van der Waals surface area (Å²) in [6, 6.07) is 6.05. The molecule has 2 N–H and O–H groups in total.